The number of pyridine rings is 1. The molecule has 1 aromatic carbocycles. The molecule has 0 saturated carbocycles. The Bertz CT molecular complexity index is 978. The lowest BCUT2D eigenvalue weighted by Crippen LogP contribution is -2.40. The first kappa shape index (κ1) is 18.1. The number of nitrogens with one attached hydrogen (secondary N) is 2. The summed E-state index contributed by atoms with van der Waals surface area (Å²) in [7, 11) is 1.59. The van der Waals surface area contributed by atoms with Crippen molar-refractivity contribution in [1.29, 1.82) is 0 Å². The summed E-state index contributed by atoms with van der Waals surface area (Å²) in [6, 6.07) is 10.0. The van der Waals surface area contributed by atoms with Gasteiger partial charge in [-0.15, -0.1) is 10.2 Å². The Morgan fingerprint density at radius 2 is 1.96 bits per heavy atom. The van der Waals surface area contributed by atoms with Crippen molar-refractivity contribution >= 4 is 29.2 Å². The van der Waals surface area contributed by atoms with Gasteiger partial charge >= 0.3 is 0 Å². The molecule has 2 N–H and O–H groups in total. The lowest BCUT2D eigenvalue weighted by atomic mass is 10.2. The molecule has 0 saturated heterocycles. The van der Waals surface area contributed by atoms with Crippen LogP contribution in [0, 0.1) is 0 Å². The van der Waals surface area contributed by atoms with E-state index in [-0.39, 0.29) is 11.8 Å². The van der Waals surface area contributed by atoms with E-state index in [0.717, 1.165) is 11.3 Å². The van der Waals surface area contributed by atoms with E-state index >= 15 is 0 Å². The highest BCUT2D eigenvalue weighted by molar-refractivity contribution is 5.99. The molecule has 0 aliphatic rings. The molecule has 0 fully saturated rings. The van der Waals surface area contributed by atoms with Crippen LogP contribution in [0.15, 0.2) is 55.0 Å². The third kappa shape index (κ3) is 4.69. The van der Waals surface area contributed by atoms with Crippen molar-refractivity contribution < 1.29 is 14.3 Å². The number of methoxy groups -OCH3 is 1. The Labute approximate surface area is 155 Å². The minimum absolute atomic E-state index is 0.325. The van der Waals surface area contributed by atoms with E-state index in [9.17, 15) is 9.59 Å². The molecule has 1 atom stereocenters. The molecule has 3 rings (SSSR count). The van der Waals surface area contributed by atoms with Crippen molar-refractivity contribution in [3.63, 3.8) is 0 Å². The first-order chi connectivity index (χ1) is 13.0. The average molecular weight is 365 g/mol. The zero-order chi connectivity index (χ0) is 19.2. The number of carbonyl (C=O) groups excluding carboxylic acids is 2. The number of benzene rings is 1. The molecular formula is C19H19N5O3. The molecule has 2 heterocycles. The van der Waals surface area contributed by atoms with Gasteiger partial charge in [0, 0.05) is 12.3 Å². The van der Waals surface area contributed by atoms with E-state index in [2.05, 4.69) is 20.8 Å². The lowest BCUT2D eigenvalue weighted by molar-refractivity contribution is -0.123. The Hall–Kier alpha value is -3.68. The summed E-state index contributed by atoms with van der Waals surface area (Å²) in [4.78, 5) is 24.3. The third-order valence-electron chi connectivity index (χ3n) is 3.85. The second-order valence-electron chi connectivity index (χ2n) is 5.84. The molecule has 1 unspecified atom stereocenters. The Morgan fingerprint density at radius 1 is 1.19 bits per heavy atom. The second-order valence-corrected chi connectivity index (χ2v) is 5.84. The highest BCUT2D eigenvalue weighted by Gasteiger charge is 2.14. The van der Waals surface area contributed by atoms with Crippen molar-refractivity contribution in [2.45, 2.75) is 13.0 Å². The molecule has 8 heteroatoms. The highest BCUT2D eigenvalue weighted by Crippen LogP contribution is 2.12. The number of hydrogen-bond acceptors (Lipinski definition) is 5. The van der Waals surface area contributed by atoms with Gasteiger partial charge in [-0.2, -0.15) is 0 Å². The summed E-state index contributed by atoms with van der Waals surface area (Å²) >= 11 is 0. The summed E-state index contributed by atoms with van der Waals surface area (Å²) in [5.41, 5.74) is 2.12. The van der Waals surface area contributed by atoms with Crippen LogP contribution in [0.1, 0.15) is 12.5 Å². The zero-order valence-electron chi connectivity index (χ0n) is 14.9. The first-order valence-electron chi connectivity index (χ1n) is 8.28. The number of carbonyl (C=O) groups is 2. The van der Waals surface area contributed by atoms with Crippen LogP contribution >= 0.6 is 0 Å². The fourth-order valence-electron chi connectivity index (χ4n) is 2.37. The van der Waals surface area contributed by atoms with Gasteiger partial charge in [0.25, 0.3) is 0 Å². The summed E-state index contributed by atoms with van der Waals surface area (Å²) < 4.78 is 6.78. The number of hydrogen-bond donors (Lipinski definition) is 2. The van der Waals surface area contributed by atoms with Crippen LogP contribution in [0.2, 0.25) is 0 Å². The molecule has 0 radical (unpaired) electrons. The summed E-state index contributed by atoms with van der Waals surface area (Å²) in [5, 5.41) is 13.1. The average Bonchev–Trinajstić information content (AvgIpc) is 3.14. The SMILES string of the molecule is COc1ccc(/C=C/C(=O)NC(C)C(=O)Nc2ccc3nncn3c2)cc1. The number of aromatic nitrogens is 3. The minimum atomic E-state index is -0.699. The summed E-state index contributed by atoms with van der Waals surface area (Å²) in [6.45, 7) is 1.62. The maximum absolute atomic E-state index is 12.3. The Morgan fingerprint density at radius 3 is 2.70 bits per heavy atom. The van der Waals surface area contributed by atoms with Crippen molar-refractivity contribution in [2.75, 3.05) is 12.4 Å². The van der Waals surface area contributed by atoms with Crippen LogP contribution in [0.25, 0.3) is 11.7 Å². The van der Waals surface area contributed by atoms with Crippen LogP contribution < -0.4 is 15.4 Å². The predicted octanol–water partition coefficient (Wildman–Crippen LogP) is 1.89. The van der Waals surface area contributed by atoms with E-state index in [4.69, 9.17) is 4.74 Å². The van der Waals surface area contributed by atoms with E-state index in [1.54, 1.807) is 61.3 Å². The fourth-order valence-corrected chi connectivity index (χ4v) is 2.37. The van der Waals surface area contributed by atoms with Crippen LogP contribution in [-0.4, -0.2) is 39.6 Å². The van der Waals surface area contributed by atoms with Gasteiger partial charge in [0.1, 0.15) is 18.1 Å². The van der Waals surface area contributed by atoms with Crippen LogP contribution in [-0.2, 0) is 9.59 Å². The number of anilines is 1. The zero-order valence-corrected chi connectivity index (χ0v) is 14.9. The Balaban J connectivity index is 1.54. The first-order valence-corrected chi connectivity index (χ1v) is 8.28. The van der Waals surface area contributed by atoms with Gasteiger partial charge in [0.05, 0.1) is 12.8 Å². The highest BCUT2D eigenvalue weighted by atomic mass is 16.5. The van der Waals surface area contributed by atoms with Crippen LogP contribution in [0.4, 0.5) is 5.69 Å². The van der Waals surface area contributed by atoms with Gasteiger partial charge in [-0.05, 0) is 42.8 Å². The number of rotatable bonds is 6. The van der Waals surface area contributed by atoms with Crippen LogP contribution in [0.5, 0.6) is 5.75 Å². The van der Waals surface area contributed by atoms with Gasteiger partial charge in [-0.25, -0.2) is 0 Å². The van der Waals surface area contributed by atoms with Gasteiger partial charge in [-0.3, -0.25) is 14.0 Å². The normalized spacial score (nSPS) is 12.1. The predicted molar refractivity (Wildman–Crippen MR) is 101 cm³/mol. The molecule has 2 aromatic heterocycles. The molecule has 138 valence electrons. The molecule has 3 aromatic rings. The quantitative estimate of drug-likeness (QED) is 0.650. The molecule has 0 aliphatic heterocycles. The van der Waals surface area contributed by atoms with Crippen LogP contribution in [0.3, 0.4) is 0 Å². The molecule has 2 amide bonds. The molecule has 8 nitrogen and oxygen atoms in total. The largest absolute Gasteiger partial charge is 0.497 e. The number of ether oxygens (including phenoxy) is 1. The summed E-state index contributed by atoms with van der Waals surface area (Å²) in [5.74, 6) is 0.0582. The molecular weight excluding hydrogens is 346 g/mol. The van der Waals surface area contributed by atoms with Gasteiger partial charge < -0.3 is 15.4 Å². The van der Waals surface area contributed by atoms with Gasteiger partial charge in [0.15, 0.2) is 5.65 Å². The van der Waals surface area contributed by atoms with Gasteiger partial charge in [-0.1, -0.05) is 12.1 Å². The maximum atomic E-state index is 12.3. The van der Waals surface area contributed by atoms with E-state index in [0.29, 0.717) is 11.3 Å². The van der Waals surface area contributed by atoms with Crippen molar-refractivity contribution in [3.05, 3.63) is 60.6 Å². The third-order valence-corrected chi connectivity index (χ3v) is 3.85. The van der Waals surface area contributed by atoms with E-state index in [1.165, 1.54) is 6.08 Å². The monoisotopic (exact) mass is 365 g/mol. The van der Waals surface area contributed by atoms with Crippen molar-refractivity contribution in [1.82, 2.24) is 19.9 Å². The second kappa shape index (κ2) is 8.13. The number of amides is 2. The van der Waals surface area contributed by atoms with E-state index in [1.807, 2.05) is 12.1 Å². The number of fused-ring (bicyclic) bond motifs is 1. The lowest BCUT2D eigenvalue weighted by Gasteiger charge is -2.13. The number of nitrogens with zero attached hydrogens (tertiary/aromatic N) is 3. The van der Waals surface area contributed by atoms with Crippen molar-refractivity contribution in [2.24, 2.45) is 0 Å². The molecule has 0 aliphatic carbocycles. The van der Waals surface area contributed by atoms with Crippen molar-refractivity contribution in [3.8, 4) is 5.75 Å². The maximum Gasteiger partial charge on any atom is 0.246 e. The molecule has 0 bridgehead atoms. The molecule has 0 spiro atoms. The summed E-state index contributed by atoms with van der Waals surface area (Å²) in [6.07, 6.45) is 6.29. The minimum Gasteiger partial charge on any atom is -0.497 e. The smallest absolute Gasteiger partial charge is 0.246 e. The van der Waals surface area contributed by atoms with E-state index < -0.39 is 6.04 Å². The van der Waals surface area contributed by atoms with Gasteiger partial charge in [0.2, 0.25) is 11.8 Å². The topological polar surface area (TPSA) is 97.6 Å². The Kier molecular flexibility index (Phi) is 5.46. The fraction of sp³-hybridized carbons (Fsp3) is 0.158. The standard InChI is InChI=1S/C19H19N5O3/c1-13(19(26)22-15-6-9-17-23-20-12-24(17)11-15)21-18(25)10-5-14-3-7-16(27-2)8-4-14/h3-13H,1-2H3,(H,21,25)(H,22,26)/b10-5+. The molecule has 27 heavy (non-hydrogen) atoms.